The zero-order valence-corrected chi connectivity index (χ0v) is 12.6. The van der Waals surface area contributed by atoms with Crippen molar-refractivity contribution in [3.8, 4) is 0 Å². The highest BCUT2D eigenvalue weighted by Gasteiger charge is 2.39. The molecule has 2 heterocycles. The van der Waals surface area contributed by atoms with Crippen LogP contribution < -0.4 is 10.2 Å². The number of likely N-dealkylation sites (tertiary alicyclic amines) is 1. The van der Waals surface area contributed by atoms with E-state index in [1.54, 1.807) is 4.90 Å². The molecule has 0 atom stereocenters. The van der Waals surface area contributed by atoms with Crippen molar-refractivity contribution in [1.29, 1.82) is 0 Å². The van der Waals surface area contributed by atoms with Gasteiger partial charge in [-0.05, 0) is 38.8 Å². The number of carbonyl (C=O) groups is 2. The lowest BCUT2D eigenvalue weighted by Crippen LogP contribution is -2.56. The number of hydrogen-bond donors (Lipinski definition) is 1. The van der Waals surface area contributed by atoms with Crippen LogP contribution >= 0.6 is 0 Å². The minimum Gasteiger partial charge on any atom is -0.370 e. The van der Waals surface area contributed by atoms with Gasteiger partial charge in [0.15, 0.2) is 0 Å². The first-order chi connectivity index (χ1) is 9.99. The smallest absolute Gasteiger partial charge is 0.252 e. The first kappa shape index (κ1) is 13.9. The second-order valence-electron chi connectivity index (χ2n) is 6.25. The highest BCUT2D eigenvalue weighted by Crippen LogP contribution is 2.34. The van der Waals surface area contributed by atoms with Gasteiger partial charge in [0.2, 0.25) is 5.91 Å². The molecule has 5 nitrogen and oxygen atoms in total. The van der Waals surface area contributed by atoms with E-state index in [4.69, 9.17) is 0 Å². The monoisotopic (exact) mass is 287 g/mol. The standard InChI is InChI=1S/C16H21N3O2/c1-16(2)15(21)19(11-14(20)18-9-5-6-10-18)13-8-4-3-7-12(13)17-16/h3-4,7-8,17H,5-6,9-11H2,1-2H3. The first-order valence-corrected chi connectivity index (χ1v) is 7.46. The molecule has 0 bridgehead atoms. The Morgan fingerprint density at radius 3 is 2.62 bits per heavy atom. The molecule has 0 radical (unpaired) electrons. The third kappa shape index (κ3) is 2.48. The molecule has 1 N–H and O–H groups in total. The van der Waals surface area contributed by atoms with E-state index in [9.17, 15) is 9.59 Å². The van der Waals surface area contributed by atoms with Crippen LogP contribution in [0.5, 0.6) is 0 Å². The van der Waals surface area contributed by atoms with Crippen molar-refractivity contribution in [2.45, 2.75) is 32.2 Å². The van der Waals surface area contributed by atoms with Crippen LogP contribution in [0.4, 0.5) is 11.4 Å². The third-order valence-electron chi connectivity index (χ3n) is 4.17. The molecule has 3 rings (SSSR count). The lowest BCUT2D eigenvalue weighted by Gasteiger charge is -2.40. The molecule has 0 aromatic heterocycles. The predicted molar refractivity (Wildman–Crippen MR) is 82.3 cm³/mol. The van der Waals surface area contributed by atoms with E-state index in [1.807, 2.05) is 43.0 Å². The van der Waals surface area contributed by atoms with Gasteiger partial charge in [-0.2, -0.15) is 0 Å². The molecule has 0 saturated carbocycles. The zero-order chi connectivity index (χ0) is 15.0. The van der Waals surface area contributed by atoms with Crippen molar-refractivity contribution in [3.05, 3.63) is 24.3 Å². The van der Waals surface area contributed by atoms with Gasteiger partial charge in [-0.3, -0.25) is 14.5 Å². The highest BCUT2D eigenvalue weighted by atomic mass is 16.2. The summed E-state index contributed by atoms with van der Waals surface area (Å²) < 4.78 is 0. The molecule has 1 fully saturated rings. The molecular weight excluding hydrogens is 266 g/mol. The summed E-state index contributed by atoms with van der Waals surface area (Å²) in [4.78, 5) is 28.5. The number of benzene rings is 1. The van der Waals surface area contributed by atoms with Crippen LogP contribution in [0.25, 0.3) is 0 Å². The average Bonchev–Trinajstić information content (AvgIpc) is 2.97. The van der Waals surface area contributed by atoms with Crippen molar-refractivity contribution in [2.75, 3.05) is 29.9 Å². The summed E-state index contributed by atoms with van der Waals surface area (Å²) in [5.74, 6) is -0.0258. The summed E-state index contributed by atoms with van der Waals surface area (Å²) in [6.45, 7) is 5.44. The molecule has 21 heavy (non-hydrogen) atoms. The fourth-order valence-corrected chi connectivity index (χ4v) is 3.01. The van der Waals surface area contributed by atoms with Crippen molar-refractivity contribution in [1.82, 2.24) is 4.90 Å². The SMILES string of the molecule is CC1(C)Nc2ccccc2N(CC(=O)N2CCCC2)C1=O. The second-order valence-corrected chi connectivity index (χ2v) is 6.25. The van der Waals surface area contributed by atoms with Crippen LogP contribution in [0, 0.1) is 0 Å². The predicted octanol–water partition coefficient (Wildman–Crippen LogP) is 1.85. The Kier molecular flexibility index (Phi) is 3.35. The quantitative estimate of drug-likeness (QED) is 0.903. The van der Waals surface area contributed by atoms with Crippen LogP contribution in [0.2, 0.25) is 0 Å². The molecule has 1 saturated heterocycles. The molecule has 5 heteroatoms. The summed E-state index contributed by atoms with van der Waals surface area (Å²) in [7, 11) is 0. The number of carbonyl (C=O) groups excluding carboxylic acids is 2. The van der Waals surface area contributed by atoms with Gasteiger partial charge in [-0.1, -0.05) is 12.1 Å². The fourth-order valence-electron chi connectivity index (χ4n) is 3.01. The lowest BCUT2D eigenvalue weighted by atomic mass is 9.98. The normalized spacial score (nSPS) is 20.2. The summed E-state index contributed by atoms with van der Waals surface area (Å²) in [6, 6.07) is 7.64. The topological polar surface area (TPSA) is 52.7 Å². The number of hydrogen-bond acceptors (Lipinski definition) is 3. The number of para-hydroxylation sites is 2. The zero-order valence-electron chi connectivity index (χ0n) is 12.6. The maximum Gasteiger partial charge on any atom is 0.252 e. The van der Waals surface area contributed by atoms with E-state index in [0.717, 1.165) is 37.3 Å². The Labute approximate surface area is 124 Å². The lowest BCUT2D eigenvalue weighted by molar-refractivity contribution is -0.131. The van der Waals surface area contributed by atoms with Gasteiger partial charge < -0.3 is 10.2 Å². The molecule has 0 unspecified atom stereocenters. The van der Waals surface area contributed by atoms with E-state index < -0.39 is 5.54 Å². The van der Waals surface area contributed by atoms with Gasteiger partial charge in [0.1, 0.15) is 12.1 Å². The van der Waals surface area contributed by atoms with E-state index in [-0.39, 0.29) is 18.4 Å². The molecule has 112 valence electrons. The summed E-state index contributed by atoms with van der Waals surface area (Å²) in [6.07, 6.45) is 2.12. The van der Waals surface area contributed by atoms with Crippen LogP contribution in [0.15, 0.2) is 24.3 Å². The van der Waals surface area contributed by atoms with Crippen molar-refractivity contribution >= 4 is 23.2 Å². The Morgan fingerprint density at radius 1 is 1.24 bits per heavy atom. The number of anilines is 2. The molecule has 0 aliphatic carbocycles. The molecule has 2 amide bonds. The van der Waals surface area contributed by atoms with Gasteiger partial charge in [0, 0.05) is 13.1 Å². The van der Waals surface area contributed by atoms with E-state index >= 15 is 0 Å². The first-order valence-electron chi connectivity index (χ1n) is 7.46. The molecule has 1 aromatic rings. The van der Waals surface area contributed by atoms with E-state index in [2.05, 4.69) is 5.32 Å². The second kappa shape index (κ2) is 5.06. The van der Waals surface area contributed by atoms with Crippen LogP contribution in [-0.4, -0.2) is 41.9 Å². The summed E-state index contributed by atoms with van der Waals surface area (Å²) in [5, 5.41) is 3.24. The van der Waals surface area contributed by atoms with Gasteiger partial charge in [-0.15, -0.1) is 0 Å². The fraction of sp³-hybridized carbons (Fsp3) is 0.500. The molecular formula is C16H21N3O2. The Morgan fingerprint density at radius 2 is 1.90 bits per heavy atom. The largest absolute Gasteiger partial charge is 0.370 e. The maximum atomic E-state index is 12.7. The average molecular weight is 287 g/mol. The Hall–Kier alpha value is -2.04. The highest BCUT2D eigenvalue weighted by molar-refractivity contribution is 6.09. The van der Waals surface area contributed by atoms with Crippen LogP contribution in [0.3, 0.4) is 0 Å². The number of amides is 2. The van der Waals surface area contributed by atoms with Crippen molar-refractivity contribution < 1.29 is 9.59 Å². The minimum absolute atomic E-state index is 0.0355. The summed E-state index contributed by atoms with van der Waals surface area (Å²) >= 11 is 0. The van der Waals surface area contributed by atoms with Crippen molar-refractivity contribution in [3.63, 3.8) is 0 Å². The van der Waals surface area contributed by atoms with Gasteiger partial charge in [-0.25, -0.2) is 0 Å². The molecule has 0 spiro atoms. The van der Waals surface area contributed by atoms with Crippen LogP contribution in [0.1, 0.15) is 26.7 Å². The molecule has 2 aliphatic rings. The maximum absolute atomic E-state index is 12.7. The van der Waals surface area contributed by atoms with Crippen LogP contribution in [-0.2, 0) is 9.59 Å². The van der Waals surface area contributed by atoms with Gasteiger partial charge >= 0.3 is 0 Å². The van der Waals surface area contributed by atoms with Gasteiger partial charge in [0.05, 0.1) is 11.4 Å². The molecule has 1 aromatic carbocycles. The van der Waals surface area contributed by atoms with Gasteiger partial charge in [0.25, 0.3) is 5.91 Å². The number of fused-ring (bicyclic) bond motifs is 1. The number of nitrogens with one attached hydrogen (secondary N) is 1. The summed E-state index contributed by atoms with van der Waals surface area (Å²) in [5.41, 5.74) is 0.991. The van der Waals surface area contributed by atoms with E-state index in [0.29, 0.717) is 0 Å². The van der Waals surface area contributed by atoms with Crippen molar-refractivity contribution in [2.24, 2.45) is 0 Å². The number of nitrogens with zero attached hydrogens (tertiary/aromatic N) is 2. The molecule has 2 aliphatic heterocycles. The number of rotatable bonds is 2. The Balaban J connectivity index is 1.88. The van der Waals surface area contributed by atoms with E-state index in [1.165, 1.54) is 0 Å². The Bertz CT molecular complexity index is 577. The third-order valence-corrected chi connectivity index (χ3v) is 4.17. The minimum atomic E-state index is -0.695.